The summed E-state index contributed by atoms with van der Waals surface area (Å²) in [6, 6.07) is 9.46. The number of nitrogens with one attached hydrogen (secondary N) is 1. The maximum atomic E-state index is 12.5. The smallest absolute Gasteiger partial charge is 0.274 e. The first kappa shape index (κ1) is 17.8. The average molecular weight is 353 g/mol. The zero-order valence-electron chi connectivity index (χ0n) is 15.1. The van der Waals surface area contributed by atoms with E-state index in [2.05, 4.69) is 27.1 Å². The van der Waals surface area contributed by atoms with Crippen LogP contribution in [0.2, 0.25) is 0 Å². The Morgan fingerprint density at radius 3 is 2.38 bits per heavy atom. The van der Waals surface area contributed by atoms with Gasteiger partial charge in [-0.25, -0.2) is 9.97 Å². The van der Waals surface area contributed by atoms with Gasteiger partial charge in [0.25, 0.3) is 5.91 Å². The van der Waals surface area contributed by atoms with E-state index >= 15 is 0 Å². The van der Waals surface area contributed by atoms with Crippen molar-refractivity contribution in [3.05, 3.63) is 47.9 Å². The molecule has 136 valence electrons. The molecule has 1 aromatic carbocycles. The Hall–Kier alpha value is -2.96. The molecule has 2 amide bonds. The number of hydrogen-bond acceptors (Lipinski definition) is 5. The standard InChI is InChI=1S/C19H23N5O2/c1-3-15-4-6-16(7-5-15)22-19(26)17-12-18(21-13-20-17)24-10-8-23(9-11-24)14(2)25/h4-7,12-13H,3,8-11H2,1-2H3,(H,22,26). The number of piperazine rings is 1. The van der Waals surface area contributed by atoms with Gasteiger partial charge >= 0.3 is 0 Å². The van der Waals surface area contributed by atoms with Crippen LogP contribution < -0.4 is 10.2 Å². The number of carbonyl (C=O) groups excluding carboxylic acids is 2. The van der Waals surface area contributed by atoms with Gasteiger partial charge in [-0.2, -0.15) is 0 Å². The van der Waals surface area contributed by atoms with Gasteiger partial charge in [0.05, 0.1) is 0 Å². The monoisotopic (exact) mass is 353 g/mol. The van der Waals surface area contributed by atoms with E-state index in [4.69, 9.17) is 0 Å². The summed E-state index contributed by atoms with van der Waals surface area (Å²) in [5.74, 6) is 0.524. The molecule has 2 heterocycles. The molecule has 1 N–H and O–H groups in total. The first-order chi connectivity index (χ1) is 12.6. The maximum Gasteiger partial charge on any atom is 0.274 e. The number of rotatable bonds is 4. The summed E-state index contributed by atoms with van der Waals surface area (Å²) in [6.07, 6.45) is 2.36. The van der Waals surface area contributed by atoms with Crippen LogP contribution in [-0.2, 0) is 11.2 Å². The van der Waals surface area contributed by atoms with E-state index in [1.165, 1.54) is 11.9 Å². The summed E-state index contributed by atoms with van der Waals surface area (Å²) < 4.78 is 0. The summed E-state index contributed by atoms with van der Waals surface area (Å²) in [7, 11) is 0. The van der Waals surface area contributed by atoms with Crippen LogP contribution in [0.4, 0.5) is 11.5 Å². The van der Waals surface area contributed by atoms with E-state index in [1.54, 1.807) is 13.0 Å². The molecule has 0 radical (unpaired) electrons. The van der Waals surface area contributed by atoms with Crippen molar-refractivity contribution in [3.8, 4) is 0 Å². The normalized spacial score (nSPS) is 14.2. The second kappa shape index (κ2) is 7.95. The molecule has 0 aliphatic carbocycles. The summed E-state index contributed by atoms with van der Waals surface area (Å²) in [4.78, 5) is 36.1. The Bertz CT molecular complexity index is 783. The van der Waals surface area contributed by atoms with Gasteiger partial charge in [-0.05, 0) is 24.1 Å². The van der Waals surface area contributed by atoms with Crippen molar-refractivity contribution in [3.63, 3.8) is 0 Å². The van der Waals surface area contributed by atoms with E-state index in [9.17, 15) is 9.59 Å². The number of hydrogen-bond donors (Lipinski definition) is 1. The largest absolute Gasteiger partial charge is 0.353 e. The Morgan fingerprint density at radius 2 is 1.77 bits per heavy atom. The summed E-state index contributed by atoms with van der Waals surface area (Å²) in [6.45, 7) is 6.36. The SMILES string of the molecule is CCc1ccc(NC(=O)c2cc(N3CCN(C(C)=O)CC3)ncn2)cc1. The van der Waals surface area contributed by atoms with Crippen LogP contribution in [0.5, 0.6) is 0 Å². The van der Waals surface area contributed by atoms with Crippen molar-refractivity contribution in [2.75, 3.05) is 36.4 Å². The number of nitrogens with zero attached hydrogens (tertiary/aromatic N) is 4. The Balaban J connectivity index is 1.66. The lowest BCUT2D eigenvalue weighted by Gasteiger charge is -2.34. The van der Waals surface area contributed by atoms with Crippen LogP contribution >= 0.6 is 0 Å². The van der Waals surface area contributed by atoms with Gasteiger partial charge in [0.2, 0.25) is 5.91 Å². The number of amides is 2. The number of aromatic nitrogens is 2. The molecule has 0 bridgehead atoms. The van der Waals surface area contributed by atoms with Gasteiger partial charge in [0, 0.05) is 44.9 Å². The van der Waals surface area contributed by atoms with E-state index in [-0.39, 0.29) is 11.8 Å². The fourth-order valence-electron chi connectivity index (χ4n) is 2.91. The highest BCUT2D eigenvalue weighted by Gasteiger charge is 2.20. The third-order valence-electron chi connectivity index (χ3n) is 4.55. The third-order valence-corrected chi connectivity index (χ3v) is 4.55. The quantitative estimate of drug-likeness (QED) is 0.909. The fraction of sp³-hybridized carbons (Fsp3) is 0.368. The molecule has 3 rings (SSSR count). The lowest BCUT2D eigenvalue weighted by Crippen LogP contribution is -2.48. The minimum absolute atomic E-state index is 0.0847. The van der Waals surface area contributed by atoms with Crippen molar-refractivity contribution in [1.29, 1.82) is 0 Å². The second-order valence-corrected chi connectivity index (χ2v) is 6.26. The molecule has 0 saturated carbocycles. The van der Waals surface area contributed by atoms with Gasteiger partial charge in [0.15, 0.2) is 0 Å². The lowest BCUT2D eigenvalue weighted by molar-refractivity contribution is -0.129. The maximum absolute atomic E-state index is 12.5. The first-order valence-electron chi connectivity index (χ1n) is 8.79. The van der Waals surface area contributed by atoms with Crippen LogP contribution in [0, 0.1) is 0 Å². The zero-order valence-corrected chi connectivity index (χ0v) is 15.1. The molecule has 0 spiro atoms. The highest BCUT2D eigenvalue weighted by atomic mass is 16.2. The fourth-order valence-corrected chi connectivity index (χ4v) is 2.91. The number of benzene rings is 1. The van der Waals surface area contributed by atoms with E-state index in [0.29, 0.717) is 37.7 Å². The molecule has 26 heavy (non-hydrogen) atoms. The van der Waals surface area contributed by atoms with Crippen molar-refractivity contribution in [2.45, 2.75) is 20.3 Å². The van der Waals surface area contributed by atoms with E-state index in [1.807, 2.05) is 29.2 Å². The molecule has 1 saturated heterocycles. The summed E-state index contributed by atoms with van der Waals surface area (Å²) in [5.41, 5.74) is 2.28. The minimum Gasteiger partial charge on any atom is -0.353 e. The molecule has 7 nitrogen and oxygen atoms in total. The van der Waals surface area contributed by atoms with Crippen LogP contribution in [0.3, 0.4) is 0 Å². The van der Waals surface area contributed by atoms with Gasteiger partial charge in [-0.1, -0.05) is 19.1 Å². The predicted octanol–water partition coefficient (Wildman–Crippen LogP) is 1.96. The van der Waals surface area contributed by atoms with Crippen LogP contribution in [0.25, 0.3) is 0 Å². The number of aryl methyl sites for hydroxylation is 1. The van der Waals surface area contributed by atoms with Gasteiger partial charge < -0.3 is 15.1 Å². The van der Waals surface area contributed by atoms with Gasteiger partial charge in [-0.15, -0.1) is 0 Å². The topological polar surface area (TPSA) is 78.4 Å². The van der Waals surface area contributed by atoms with Crippen molar-refractivity contribution < 1.29 is 9.59 Å². The molecule has 1 aliphatic rings. The Labute approximate surface area is 153 Å². The lowest BCUT2D eigenvalue weighted by atomic mass is 10.1. The highest BCUT2D eigenvalue weighted by molar-refractivity contribution is 6.03. The zero-order chi connectivity index (χ0) is 18.5. The van der Waals surface area contributed by atoms with Crippen molar-refractivity contribution in [2.24, 2.45) is 0 Å². The molecule has 0 unspecified atom stereocenters. The van der Waals surface area contributed by atoms with Crippen LogP contribution in [-0.4, -0.2) is 52.9 Å². The predicted molar refractivity (Wildman–Crippen MR) is 100 cm³/mol. The Morgan fingerprint density at radius 1 is 1.08 bits per heavy atom. The highest BCUT2D eigenvalue weighted by Crippen LogP contribution is 2.16. The molecule has 2 aromatic rings. The van der Waals surface area contributed by atoms with Crippen LogP contribution in [0.15, 0.2) is 36.7 Å². The summed E-state index contributed by atoms with van der Waals surface area (Å²) in [5, 5.41) is 2.86. The number of carbonyl (C=O) groups is 2. The first-order valence-corrected chi connectivity index (χ1v) is 8.79. The minimum atomic E-state index is -0.264. The van der Waals surface area contributed by atoms with E-state index < -0.39 is 0 Å². The van der Waals surface area contributed by atoms with Crippen molar-refractivity contribution >= 4 is 23.3 Å². The molecule has 1 aromatic heterocycles. The molecule has 1 aliphatic heterocycles. The van der Waals surface area contributed by atoms with Gasteiger partial charge in [0.1, 0.15) is 17.8 Å². The molecule has 0 atom stereocenters. The average Bonchev–Trinajstić information content (AvgIpc) is 2.68. The second-order valence-electron chi connectivity index (χ2n) is 6.26. The molecule has 7 heteroatoms. The molecule has 1 fully saturated rings. The Kier molecular flexibility index (Phi) is 5.46. The van der Waals surface area contributed by atoms with Gasteiger partial charge in [-0.3, -0.25) is 9.59 Å². The van der Waals surface area contributed by atoms with Crippen LogP contribution in [0.1, 0.15) is 29.9 Å². The van der Waals surface area contributed by atoms with Crippen molar-refractivity contribution in [1.82, 2.24) is 14.9 Å². The number of anilines is 2. The molecular weight excluding hydrogens is 330 g/mol. The molecular formula is C19H23N5O2. The third kappa shape index (κ3) is 4.17. The van der Waals surface area contributed by atoms with E-state index in [0.717, 1.165) is 12.1 Å². The summed E-state index contributed by atoms with van der Waals surface area (Å²) >= 11 is 0.